The van der Waals surface area contributed by atoms with Crippen LogP contribution in [0.1, 0.15) is 0 Å². The molecule has 0 atom stereocenters. The SMILES string of the molecule is CN1C(=O)[N]C(=O)N1c1ccccc1. The first kappa shape index (κ1) is 8.55. The second-order valence-corrected chi connectivity index (χ2v) is 2.85. The number of anilines is 1. The number of hydrogen-bond acceptors (Lipinski definition) is 2. The van der Waals surface area contributed by atoms with Gasteiger partial charge in [-0.15, -0.1) is 5.32 Å². The first-order chi connectivity index (χ1) is 6.70. The Labute approximate surface area is 80.9 Å². The molecule has 1 saturated heterocycles. The second-order valence-electron chi connectivity index (χ2n) is 2.85. The van der Waals surface area contributed by atoms with Gasteiger partial charge in [-0.1, -0.05) is 18.2 Å². The van der Waals surface area contributed by atoms with Crippen LogP contribution >= 0.6 is 0 Å². The fourth-order valence-electron chi connectivity index (χ4n) is 1.27. The summed E-state index contributed by atoms with van der Waals surface area (Å²) in [5.41, 5.74) is 0.634. The van der Waals surface area contributed by atoms with Gasteiger partial charge in [-0.2, -0.15) is 5.01 Å². The molecule has 1 aliphatic rings. The van der Waals surface area contributed by atoms with E-state index in [1.54, 1.807) is 24.3 Å². The summed E-state index contributed by atoms with van der Waals surface area (Å²) < 4.78 is 0. The van der Waals surface area contributed by atoms with Crippen LogP contribution in [-0.4, -0.2) is 24.1 Å². The van der Waals surface area contributed by atoms with E-state index >= 15 is 0 Å². The summed E-state index contributed by atoms with van der Waals surface area (Å²) >= 11 is 0. The van der Waals surface area contributed by atoms with Gasteiger partial charge in [0.25, 0.3) is 0 Å². The number of hydrogen-bond donors (Lipinski definition) is 0. The predicted octanol–water partition coefficient (Wildman–Crippen LogP) is 1.20. The Bertz CT molecular complexity index is 377. The average molecular weight is 190 g/mol. The van der Waals surface area contributed by atoms with Crippen LogP contribution in [-0.2, 0) is 0 Å². The van der Waals surface area contributed by atoms with Crippen LogP contribution in [0.3, 0.4) is 0 Å². The minimum Gasteiger partial charge on any atom is -0.244 e. The molecule has 1 aromatic rings. The molecule has 1 radical (unpaired) electrons. The van der Waals surface area contributed by atoms with E-state index in [1.165, 1.54) is 17.1 Å². The van der Waals surface area contributed by atoms with Crippen molar-refractivity contribution in [3.63, 3.8) is 0 Å². The molecule has 0 unspecified atom stereocenters. The minimum absolute atomic E-state index is 0.543. The first-order valence-electron chi connectivity index (χ1n) is 4.08. The number of benzene rings is 1. The van der Waals surface area contributed by atoms with E-state index in [9.17, 15) is 9.59 Å². The van der Waals surface area contributed by atoms with Crippen molar-refractivity contribution in [3.05, 3.63) is 30.3 Å². The Morgan fingerprint density at radius 1 is 1.07 bits per heavy atom. The van der Waals surface area contributed by atoms with Gasteiger partial charge in [-0.3, -0.25) is 0 Å². The molecule has 71 valence electrons. The summed E-state index contributed by atoms with van der Waals surface area (Å²) in [5.74, 6) is 0. The highest BCUT2D eigenvalue weighted by Crippen LogP contribution is 2.18. The van der Waals surface area contributed by atoms with Crippen molar-refractivity contribution < 1.29 is 9.59 Å². The van der Waals surface area contributed by atoms with Crippen molar-refractivity contribution >= 4 is 17.7 Å². The maximum absolute atomic E-state index is 11.3. The number of imide groups is 1. The largest absolute Gasteiger partial charge is 0.372 e. The van der Waals surface area contributed by atoms with Crippen molar-refractivity contribution in [2.75, 3.05) is 12.1 Å². The van der Waals surface area contributed by atoms with E-state index in [0.29, 0.717) is 5.69 Å². The zero-order valence-corrected chi connectivity index (χ0v) is 7.54. The van der Waals surface area contributed by atoms with Gasteiger partial charge in [0.15, 0.2) is 0 Å². The fourth-order valence-corrected chi connectivity index (χ4v) is 1.27. The molecule has 0 bridgehead atoms. The Kier molecular flexibility index (Phi) is 1.85. The topological polar surface area (TPSA) is 54.7 Å². The van der Waals surface area contributed by atoms with E-state index in [-0.39, 0.29) is 0 Å². The molecule has 0 N–H and O–H groups in total. The lowest BCUT2D eigenvalue weighted by Gasteiger charge is -2.20. The van der Waals surface area contributed by atoms with Crippen molar-refractivity contribution in [2.45, 2.75) is 0 Å². The summed E-state index contributed by atoms with van der Waals surface area (Å²) in [6.07, 6.45) is 0. The summed E-state index contributed by atoms with van der Waals surface area (Å²) in [6, 6.07) is 7.80. The quantitative estimate of drug-likeness (QED) is 0.668. The molecule has 1 heterocycles. The molecular formula is C9H8N3O2. The number of nitrogens with zero attached hydrogens (tertiary/aromatic N) is 3. The summed E-state index contributed by atoms with van der Waals surface area (Å²) in [4.78, 5) is 22.4. The molecule has 2 rings (SSSR count). The lowest BCUT2D eigenvalue weighted by atomic mass is 10.3. The Morgan fingerprint density at radius 3 is 2.21 bits per heavy atom. The van der Waals surface area contributed by atoms with E-state index in [4.69, 9.17) is 0 Å². The smallest absolute Gasteiger partial charge is 0.244 e. The monoisotopic (exact) mass is 190 g/mol. The highest BCUT2D eigenvalue weighted by molar-refractivity contribution is 6.08. The second kappa shape index (κ2) is 3.02. The Morgan fingerprint density at radius 2 is 1.71 bits per heavy atom. The van der Waals surface area contributed by atoms with Crippen LogP contribution in [0.4, 0.5) is 15.3 Å². The highest BCUT2D eigenvalue weighted by Gasteiger charge is 2.35. The summed E-state index contributed by atoms with van der Waals surface area (Å²) in [5, 5.41) is 5.70. The molecular weight excluding hydrogens is 182 g/mol. The molecule has 0 aromatic heterocycles. The van der Waals surface area contributed by atoms with Gasteiger partial charge in [-0.05, 0) is 12.1 Å². The Hall–Kier alpha value is -2.04. The lowest BCUT2D eigenvalue weighted by Crippen LogP contribution is -2.36. The van der Waals surface area contributed by atoms with Gasteiger partial charge >= 0.3 is 12.1 Å². The standard InChI is InChI=1S/C9H8N3O2/c1-11-8(13)10-9(14)12(11)7-5-3-2-4-6-7/h2-6H,1H3. The van der Waals surface area contributed by atoms with Gasteiger partial charge in [0.05, 0.1) is 5.69 Å². The van der Waals surface area contributed by atoms with Gasteiger partial charge in [0, 0.05) is 7.05 Å². The number of rotatable bonds is 1. The first-order valence-corrected chi connectivity index (χ1v) is 4.08. The molecule has 14 heavy (non-hydrogen) atoms. The molecule has 0 aliphatic carbocycles. The van der Waals surface area contributed by atoms with Gasteiger partial charge in [0.2, 0.25) is 0 Å². The molecule has 0 spiro atoms. The van der Waals surface area contributed by atoms with E-state index < -0.39 is 12.1 Å². The van der Waals surface area contributed by atoms with Crippen LogP contribution in [0.2, 0.25) is 0 Å². The zero-order valence-electron chi connectivity index (χ0n) is 7.54. The third-order valence-corrected chi connectivity index (χ3v) is 1.95. The molecule has 1 fully saturated rings. The molecule has 0 saturated carbocycles. The van der Waals surface area contributed by atoms with Crippen LogP contribution in [0.25, 0.3) is 0 Å². The fraction of sp³-hybridized carbons (Fsp3) is 0.111. The van der Waals surface area contributed by atoms with Crippen LogP contribution in [0.5, 0.6) is 0 Å². The zero-order chi connectivity index (χ0) is 10.1. The highest BCUT2D eigenvalue weighted by atomic mass is 16.2. The Balaban J connectivity index is 2.36. The van der Waals surface area contributed by atoms with E-state index in [1.807, 2.05) is 6.07 Å². The van der Waals surface area contributed by atoms with Gasteiger partial charge < -0.3 is 0 Å². The lowest BCUT2D eigenvalue weighted by molar-refractivity contribution is 0.222. The number of hydrazine groups is 1. The van der Waals surface area contributed by atoms with Crippen molar-refractivity contribution in [3.8, 4) is 0 Å². The maximum Gasteiger partial charge on any atom is 0.372 e. The van der Waals surface area contributed by atoms with Crippen molar-refractivity contribution in [1.29, 1.82) is 0 Å². The maximum atomic E-state index is 11.3. The van der Waals surface area contributed by atoms with Gasteiger partial charge in [0.1, 0.15) is 0 Å². The number of carbonyl (C=O) groups is 2. The third-order valence-electron chi connectivity index (χ3n) is 1.95. The van der Waals surface area contributed by atoms with E-state index in [2.05, 4.69) is 5.32 Å². The van der Waals surface area contributed by atoms with Crippen molar-refractivity contribution in [1.82, 2.24) is 10.3 Å². The molecule has 1 aliphatic heterocycles. The van der Waals surface area contributed by atoms with Crippen LogP contribution < -0.4 is 10.3 Å². The molecule has 4 amide bonds. The van der Waals surface area contributed by atoms with Crippen LogP contribution in [0, 0.1) is 0 Å². The predicted molar refractivity (Wildman–Crippen MR) is 49.6 cm³/mol. The molecule has 5 heteroatoms. The normalized spacial score (nSPS) is 16.1. The third kappa shape index (κ3) is 1.19. The minimum atomic E-state index is -0.552. The number of amides is 4. The molecule has 5 nitrogen and oxygen atoms in total. The molecule has 1 aromatic carbocycles. The van der Waals surface area contributed by atoms with Crippen LogP contribution in [0.15, 0.2) is 30.3 Å². The van der Waals surface area contributed by atoms with Gasteiger partial charge in [-0.25, -0.2) is 14.6 Å². The number of urea groups is 2. The number of carbonyl (C=O) groups excluding carboxylic acids is 2. The summed E-state index contributed by atoms with van der Waals surface area (Å²) in [7, 11) is 1.50. The van der Waals surface area contributed by atoms with Crippen molar-refractivity contribution in [2.24, 2.45) is 0 Å². The van der Waals surface area contributed by atoms with E-state index in [0.717, 1.165) is 0 Å². The summed E-state index contributed by atoms with van der Waals surface area (Å²) in [6.45, 7) is 0. The average Bonchev–Trinajstić information content (AvgIpc) is 2.43. The number of para-hydroxylation sites is 1.